The van der Waals surface area contributed by atoms with Gasteiger partial charge in [0.05, 0.1) is 0 Å². The van der Waals surface area contributed by atoms with Crippen molar-refractivity contribution in [2.75, 3.05) is 0 Å². The molecule has 0 bridgehead atoms. The van der Waals surface area contributed by atoms with Crippen LogP contribution in [0.5, 0.6) is 5.75 Å². The van der Waals surface area contributed by atoms with E-state index in [1.165, 1.54) is 24.3 Å². The smallest absolute Gasteiger partial charge is 0.406 e. The Kier molecular flexibility index (Phi) is 5.35. The van der Waals surface area contributed by atoms with E-state index in [9.17, 15) is 18.0 Å². The van der Waals surface area contributed by atoms with E-state index in [0.29, 0.717) is 12.0 Å². The molecule has 0 aromatic heterocycles. The first-order valence-corrected chi connectivity index (χ1v) is 5.92. The van der Waals surface area contributed by atoms with Crippen LogP contribution >= 0.6 is 0 Å². The molecule has 19 heavy (non-hydrogen) atoms. The van der Waals surface area contributed by atoms with Crippen molar-refractivity contribution < 1.29 is 22.7 Å². The molecule has 0 spiro atoms. The van der Waals surface area contributed by atoms with Crippen molar-refractivity contribution in [3.8, 4) is 5.75 Å². The largest absolute Gasteiger partial charge is 0.573 e. The van der Waals surface area contributed by atoms with Gasteiger partial charge >= 0.3 is 6.36 Å². The molecule has 1 aromatic carbocycles. The molecule has 2 N–H and O–H groups in total. The molecule has 0 radical (unpaired) electrons. The van der Waals surface area contributed by atoms with Gasteiger partial charge in [-0.1, -0.05) is 19.1 Å². The van der Waals surface area contributed by atoms with Gasteiger partial charge in [0.1, 0.15) is 11.5 Å². The fourth-order valence-corrected chi connectivity index (χ4v) is 1.55. The van der Waals surface area contributed by atoms with E-state index in [-0.39, 0.29) is 30.4 Å². The van der Waals surface area contributed by atoms with Gasteiger partial charge in [0.15, 0.2) is 0 Å². The lowest BCUT2D eigenvalue weighted by Crippen LogP contribution is -2.23. The van der Waals surface area contributed by atoms with E-state index >= 15 is 0 Å². The molecule has 0 amide bonds. The second kappa shape index (κ2) is 6.56. The molecule has 0 aliphatic rings. The van der Waals surface area contributed by atoms with E-state index in [1.807, 2.05) is 6.92 Å². The number of nitrogens with two attached hydrogens (primary N) is 1. The number of ketones is 1. The lowest BCUT2D eigenvalue weighted by molar-refractivity contribution is -0.274. The summed E-state index contributed by atoms with van der Waals surface area (Å²) in [6.45, 7) is 1.89. The molecule has 0 fully saturated rings. The second-order valence-corrected chi connectivity index (χ2v) is 4.28. The third-order valence-corrected chi connectivity index (χ3v) is 2.57. The van der Waals surface area contributed by atoms with Gasteiger partial charge in [-0.2, -0.15) is 0 Å². The summed E-state index contributed by atoms with van der Waals surface area (Å²) in [5.74, 6) is -0.326. The van der Waals surface area contributed by atoms with Gasteiger partial charge in [0.2, 0.25) is 0 Å². The highest BCUT2D eigenvalue weighted by Crippen LogP contribution is 2.22. The van der Waals surface area contributed by atoms with E-state index in [1.54, 1.807) is 0 Å². The number of ether oxygens (including phenoxy) is 1. The topological polar surface area (TPSA) is 52.3 Å². The number of carbonyl (C=O) groups excluding carboxylic acids is 1. The van der Waals surface area contributed by atoms with Crippen LogP contribution in [0.15, 0.2) is 24.3 Å². The molecule has 3 nitrogen and oxygen atoms in total. The molecule has 106 valence electrons. The second-order valence-electron chi connectivity index (χ2n) is 4.28. The van der Waals surface area contributed by atoms with Crippen LogP contribution in [-0.2, 0) is 11.2 Å². The predicted octanol–water partition coefficient (Wildman–Crippen LogP) is 2.82. The van der Waals surface area contributed by atoms with Crippen molar-refractivity contribution in [3.05, 3.63) is 29.8 Å². The van der Waals surface area contributed by atoms with E-state index < -0.39 is 6.36 Å². The third-order valence-electron chi connectivity index (χ3n) is 2.57. The maximum atomic E-state index is 11.9. The molecular weight excluding hydrogens is 259 g/mol. The van der Waals surface area contributed by atoms with E-state index in [2.05, 4.69) is 4.74 Å². The average Bonchev–Trinajstić information content (AvgIpc) is 2.29. The summed E-state index contributed by atoms with van der Waals surface area (Å²) >= 11 is 0. The summed E-state index contributed by atoms with van der Waals surface area (Å²) < 4.78 is 39.6. The average molecular weight is 275 g/mol. The van der Waals surface area contributed by atoms with Crippen LogP contribution in [0.2, 0.25) is 0 Å². The molecular formula is C13H16F3NO2. The highest BCUT2D eigenvalue weighted by molar-refractivity contribution is 5.81. The normalized spacial score (nSPS) is 13.1. The number of rotatable bonds is 6. The molecule has 0 heterocycles. The van der Waals surface area contributed by atoms with Crippen LogP contribution in [0.1, 0.15) is 25.3 Å². The zero-order valence-corrected chi connectivity index (χ0v) is 10.5. The summed E-state index contributed by atoms with van der Waals surface area (Å²) in [7, 11) is 0. The SMILES string of the molecule is CCC(N)CC(=O)Cc1ccc(OC(F)(F)F)cc1. The monoisotopic (exact) mass is 275 g/mol. The summed E-state index contributed by atoms with van der Waals surface area (Å²) in [5, 5.41) is 0. The molecule has 0 aliphatic heterocycles. The van der Waals surface area contributed by atoms with Crippen molar-refractivity contribution in [3.63, 3.8) is 0 Å². The van der Waals surface area contributed by atoms with Crippen molar-refractivity contribution >= 4 is 5.78 Å². The molecule has 1 unspecified atom stereocenters. The van der Waals surface area contributed by atoms with Crippen molar-refractivity contribution in [1.29, 1.82) is 0 Å². The maximum Gasteiger partial charge on any atom is 0.573 e. The minimum atomic E-state index is -4.70. The summed E-state index contributed by atoms with van der Waals surface area (Å²) in [5.41, 5.74) is 6.30. The molecule has 6 heteroatoms. The first kappa shape index (κ1) is 15.5. The summed E-state index contributed by atoms with van der Waals surface area (Å²) in [4.78, 5) is 11.6. The molecule has 1 aromatic rings. The number of alkyl halides is 3. The Morgan fingerprint density at radius 2 is 1.89 bits per heavy atom. The highest BCUT2D eigenvalue weighted by atomic mass is 19.4. The van der Waals surface area contributed by atoms with Gasteiger partial charge in [-0.3, -0.25) is 4.79 Å². The van der Waals surface area contributed by atoms with Crippen molar-refractivity contribution in [1.82, 2.24) is 0 Å². The van der Waals surface area contributed by atoms with Gasteiger partial charge in [0, 0.05) is 18.9 Å². The van der Waals surface area contributed by atoms with E-state index in [0.717, 1.165) is 0 Å². The molecule has 0 aliphatic carbocycles. The van der Waals surface area contributed by atoms with Crippen LogP contribution in [0.4, 0.5) is 13.2 Å². The minimum Gasteiger partial charge on any atom is -0.406 e. The number of benzene rings is 1. The van der Waals surface area contributed by atoms with Gasteiger partial charge in [-0.25, -0.2) is 0 Å². The van der Waals surface area contributed by atoms with E-state index in [4.69, 9.17) is 5.73 Å². The van der Waals surface area contributed by atoms with Gasteiger partial charge < -0.3 is 10.5 Å². The first-order chi connectivity index (χ1) is 8.80. The lowest BCUT2D eigenvalue weighted by Gasteiger charge is -2.10. The third kappa shape index (κ3) is 6.24. The highest BCUT2D eigenvalue weighted by Gasteiger charge is 2.30. The Hall–Kier alpha value is -1.56. The number of halogens is 3. The van der Waals surface area contributed by atoms with Crippen LogP contribution in [0, 0.1) is 0 Å². The Morgan fingerprint density at radius 1 is 1.32 bits per heavy atom. The number of carbonyl (C=O) groups is 1. The lowest BCUT2D eigenvalue weighted by atomic mass is 10.0. The number of Topliss-reactive ketones (excluding diaryl/α,β-unsaturated/α-hetero) is 1. The Labute approximate surface area is 109 Å². The van der Waals surface area contributed by atoms with Crippen molar-refractivity contribution in [2.24, 2.45) is 5.73 Å². The Morgan fingerprint density at radius 3 is 2.37 bits per heavy atom. The Bertz CT molecular complexity index is 415. The van der Waals surface area contributed by atoms with Crippen LogP contribution in [0.3, 0.4) is 0 Å². The number of hydrogen-bond acceptors (Lipinski definition) is 3. The van der Waals surface area contributed by atoms with Gasteiger partial charge in [-0.15, -0.1) is 13.2 Å². The molecule has 0 saturated heterocycles. The van der Waals surface area contributed by atoms with Crippen molar-refractivity contribution in [2.45, 2.75) is 38.6 Å². The van der Waals surface area contributed by atoms with Crippen LogP contribution in [-0.4, -0.2) is 18.2 Å². The zero-order valence-electron chi connectivity index (χ0n) is 10.5. The molecule has 1 rings (SSSR count). The van der Waals surface area contributed by atoms with Crippen LogP contribution < -0.4 is 10.5 Å². The molecule has 0 saturated carbocycles. The predicted molar refractivity (Wildman–Crippen MR) is 64.7 cm³/mol. The van der Waals surface area contributed by atoms with Crippen LogP contribution in [0.25, 0.3) is 0 Å². The Balaban J connectivity index is 2.55. The summed E-state index contributed by atoms with van der Waals surface area (Å²) in [6, 6.07) is 5.10. The summed E-state index contributed by atoms with van der Waals surface area (Å²) in [6.07, 6.45) is -3.55. The minimum absolute atomic E-state index is 0.0289. The standard InChI is InChI=1S/C13H16F3NO2/c1-2-10(17)8-11(18)7-9-3-5-12(6-4-9)19-13(14,15)16/h3-6,10H,2,7-8,17H2,1H3. The fraction of sp³-hybridized carbons (Fsp3) is 0.462. The van der Waals surface area contributed by atoms with Gasteiger partial charge in [-0.05, 0) is 24.1 Å². The zero-order chi connectivity index (χ0) is 14.5. The fourth-order valence-electron chi connectivity index (χ4n) is 1.55. The number of hydrogen-bond donors (Lipinski definition) is 1. The quantitative estimate of drug-likeness (QED) is 0.868. The van der Waals surface area contributed by atoms with Gasteiger partial charge in [0.25, 0.3) is 0 Å². The molecule has 1 atom stereocenters. The first-order valence-electron chi connectivity index (χ1n) is 5.92. The maximum absolute atomic E-state index is 11.9.